The van der Waals surface area contributed by atoms with Crippen LogP contribution in [-0.2, 0) is 0 Å². The van der Waals surface area contributed by atoms with Crippen LogP contribution in [0.3, 0.4) is 0 Å². The zero-order valence-corrected chi connectivity index (χ0v) is 11.7. The SMILES string of the molecule is Cc1nc(-c2cccnc2)sc1-c1cccc(Cl)n1. The number of nitrogens with zero attached hydrogens (tertiary/aromatic N) is 3. The van der Waals surface area contributed by atoms with E-state index in [0.29, 0.717) is 5.15 Å². The molecule has 0 saturated heterocycles. The fourth-order valence-electron chi connectivity index (χ4n) is 1.78. The second kappa shape index (κ2) is 5.07. The Kier molecular flexibility index (Phi) is 3.27. The molecule has 3 aromatic heterocycles. The second-order valence-corrected chi connectivity index (χ2v) is 5.41. The first-order chi connectivity index (χ1) is 9.24. The van der Waals surface area contributed by atoms with Crippen molar-refractivity contribution < 1.29 is 0 Å². The van der Waals surface area contributed by atoms with Gasteiger partial charge in [-0.1, -0.05) is 17.7 Å². The lowest BCUT2D eigenvalue weighted by molar-refractivity contribution is 1.24. The van der Waals surface area contributed by atoms with Crippen molar-refractivity contribution in [1.29, 1.82) is 0 Å². The Morgan fingerprint density at radius 2 is 2.00 bits per heavy atom. The van der Waals surface area contributed by atoms with Crippen molar-refractivity contribution in [3.8, 4) is 21.1 Å². The van der Waals surface area contributed by atoms with Gasteiger partial charge in [-0.05, 0) is 31.2 Å². The topological polar surface area (TPSA) is 38.7 Å². The van der Waals surface area contributed by atoms with Crippen molar-refractivity contribution in [1.82, 2.24) is 15.0 Å². The van der Waals surface area contributed by atoms with Crippen molar-refractivity contribution >= 4 is 22.9 Å². The summed E-state index contributed by atoms with van der Waals surface area (Å²) in [7, 11) is 0. The smallest absolute Gasteiger partial charge is 0.129 e. The number of aryl methyl sites for hydroxylation is 1. The molecule has 0 aliphatic carbocycles. The highest BCUT2D eigenvalue weighted by Gasteiger charge is 2.12. The van der Waals surface area contributed by atoms with E-state index >= 15 is 0 Å². The monoisotopic (exact) mass is 287 g/mol. The van der Waals surface area contributed by atoms with Crippen molar-refractivity contribution in [3.05, 3.63) is 53.6 Å². The van der Waals surface area contributed by atoms with Crippen molar-refractivity contribution in [3.63, 3.8) is 0 Å². The predicted molar refractivity (Wildman–Crippen MR) is 78.3 cm³/mol. The third-order valence-corrected chi connectivity index (χ3v) is 4.09. The van der Waals surface area contributed by atoms with E-state index < -0.39 is 0 Å². The molecule has 94 valence electrons. The van der Waals surface area contributed by atoms with Gasteiger partial charge in [-0.15, -0.1) is 11.3 Å². The minimum atomic E-state index is 0.494. The summed E-state index contributed by atoms with van der Waals surface area (Å²) in [5.74, 6) is 0. The van der Waals surface area contributed by atoms with E-state index in [2.05, 4.69) is 15.0 Å². The maximum Gasteiger partial charge on any atom is 0.129 e. The van der Waals surface area contributed by atoms with Gasteiger partial charge < -0.3 is 0 Å². The van der Waals surface area contributed by atoms with Gasteiger partial charge in [0.05, 0.1) is 16.3 Å². The largest absolute Gasteiger partial charge is 0.264 e. The average molecular weight is 288 g/mol. The minimum Gasteiger partial charge on any atom is -0.264 e. The molecule has 0 amide bonds. The third kappa shape index (κ3) is 2.50. The molecule has 3 rings (SSSR count). The number of rotatable bonds is 2. The van der Waals surface area contributed by atoms with Crippen LogP contribution in [0.2, 0.25) is 5.15 Å². The van der Waals surface area contributed by atoms with Gasteiger partial charge in [0, 0.05) is 18.0 Å². The Morgan fingerprint density at radius 1 is 1.11 bits per heavy atom. The van der Waals surface area contributed by atoms with Gasteiger partial charge in [-0.3, -0.25) is 4.98 Å². The first-order valence-electron chi connectivity index (χ1n) is 5.75. The van der Waals surface area contributed by atoms with E-state index in [9.17, 15) is 0 Å². The Morgan fingerprint density at radius 3 is 2.74 bits per heavy atom. The molecule has 19 heavy (non-hydrogen) atoms. The van der Waals surface area contributed by atoms with Crippen LogP contribution in [0.4, 0.5) is 0 Å². The van der Waals surface area contributed by atoms with E-state index in [0.717, 1.165) is 26.8 Å². The fraction of sp³-hybridized carbons (Fsp3) is 0.0714. The number of hydrogen-bond acceptors (Lipinski definition) is 4. The summed E-state index contributed by atoms with van der Waals surface area (Å²) in [4.78, 5) is 14.1. The molecule has 0 bridgehead atoms. The summed E-state index contributed by atoms with van der Waals surface area (Å²) < 4.78 is 0. The Balaban J connectivity index is 2.08. The molecule has 3 nitrogen and oxygen atoms in total. The minimum absolute atomic E-state index is 0.494. The lowest BCUT2D eigenvalue weighted by Crippen LogP contribution is -1.83. The maximum absolute atomic E-state index is 5.93. The van der Waals surface area contributed by atoms with Gasteiger partial charge in [0.1, 0.15) is 10.2 Å². The van der Waals surface area contributed by atoms with Gasteiger partial charge in [-0.2, -0.15) is 0 Å². The van der Waals surface area contributed by atoms with E-state index in [1.807, 2.05) is 37.4 Å². The summed E-state index contributed by atoms with van der Waals surface area (Å²) in [6.45, 7) is 1.98. The predicted octanol–water partition coefficient (Wildman–Crippen LogP) is 4.23. The zero-order valence-electron chi connectivity index (χ0n) is 10.2. The number of aromatic nitrogens is 3. The zero-order chi connectivity index (χ0) is 13.2. The Bertz CT molecular complexity index is 710. The molecule has 0 fully saturated rings. The van der Waals surface area contributed by atoms with E-state index in [-0.39, 0.29) is 0 Å². The number of pyridine rings is 2. The van der Waals surface area contributed by atoms with Crippen LogP contribution in [0, 0.1) is 6.92 Å². The van der Waals surface area contributed by atoms with Crippen molar-refractivity contribution in [2.75, 3.05) is 0 Å². The third-order valence-electron chi connectivity index (χ3n) is 2.65. The Hall–Kier alpha value is -1.78. The first kappa shape index (κ1) is 12.3. The van der Waals surface area contributed by atoms with Gasteiger partial charge in [0.2, 0.25) is 0 Å². The summed E-state index contributed by atoms with van der Waals surface area (Å²) in [5.41, 5.74) is 2.83. The molecule has 0 spiro atoms. The second-order valence-electron chi connectivity index (χ2n) is 4.02. The van der Waals surface area contributed by atoms with E-state index in [4.69, 9.17) is 11.6 Å². The Labute approximate surface area is 120 Å². The van der Waals surface area contributed by atoms with Crippen LogP contribution in [0.15, 0.2) is 42.7 Å². The van der Waals surface area contributed by atoms with Crippen LogP contribution >= 0.6 is 22.9 Å². The van der Waals surface area contributed by atoms with E-state index in [1.54, 1.807) is 23.6 Å². The summed E-state index contributed by atoms with van der Waals surface area (Å²) >= 11 is 7.54. The number of hydrogen-bond donors (Lipinski definition) is 0. The first-order valence-corrected chi connectivity index (χ1v) is 6.94. The normalized spacial score (nSPS) is 10.6. The molecule has 0 aliphatic rings. The van der Waals surface area contributed by atoms with Crippen molar-refractivity contribution in [2.45, 2.75) is 6.92 Å². The van der Waals surface area contributed by atoms with Gasteiger partial charge in [0.25, 0.3) is 0 Å². The standard InChI is InChI=1S/C14H10ClN3S/c1-9-13(11-5-2-6-12(15)18-11)19-14(17-9)10-4-3-7-16-8-10/h2-8H,1H3. The van der Waals surface area contributed by atoms with E-state index in [1.165, 1.54) is 0 Å². The molecule has 3 aromatic rings. The van der Waals surface area contributed by atoms with Gasteiger partial charge in [0.15, 0.2) is 0 Å². The van der Waals surface area contributed by atoms with Crippen LogP contribution in [0.1, 0.15) is 5.69 Å². The quantitative estimate of drug-likeness (QED) is 0.662. The highest BCUT2D eigenvalue weighted by Crippen LogP contribution is 2.34. The number of thiazole rings is 1. The average Bonchev–Trinajstić information content (AvgIpc) is 2.82. The van der Waals surface area contributed by atoms with Crippen LogP contribution in [-0.4, -0.2) is 15.0 Å². The van der Waals surface area contributed by atoms with Gasteiger partial charge in [-0.25, -0.2) is 9.97 Å². The summed E-state index contributed by atoms with van der Waals surface area (Å²) in [6.07, 6.45) is 3.57. The molecule has 0 saturated carbocycles. The lowest BCUT2D eigenvalue weighted by Gasteiger charge is -1.97. The van der Waals surface area contributed by atoms with Gasteiger partial charge >= 0.3 is 0 Å². The molecule has 0 unspecified atom stereocenters. The molecule has 3 heterocycles. The molecule has 0 aromatic carbocycles. The summed E-state index contributed by atoms with van der Waals surface area (Å²) in [6, 6.07) is 9.51. The molecule has 0 atom stereocenters. The molecule has 0 N–H and O–H groups in total. The molecule has 0 aliphatic heterocycles. The number of halogens is 1. The molecule has 0 radical (unpaired) electrons. The molecular formula is C14H10ClN3S. The highest BCUT2D eigenvalue weighted by atomic mass is 35.5. The summed E-state index contributed by atoms with van der Waals surface area (Å²) in [5, 5.41) is 1.44. The molecule has 5 heteroatoms. The van der Waals surface area contributed by atoms with Crippen LogP contribution in [0.25, 0.3) is 21.1 Å². The van der Waals surface area contributed by atoms with Crippen LogP contribution < -0.4 is 0 Å². The van der Waals surface area contributed by atoms with Crippen LogP contribution in [0.5, 0.6) is 0 Å². The highest BCUT2D eigenvalue weighted by molar-refractivity contribution is 7.18. The lowest BCUT2D eigenvalue weighted by atomic mass is 10.2. The van der Waals surface area contributed by atoms with Crippen molar-refractivity contribution in [2.24, 2.45) is 0 Å². The molecular weight excluding hydrogens is 278 g/mol. The maximum atomic E-state index is 5.93. The fourth-order valence-corrected chi connectivity index (χ4v) is 2.97.